The molecule has 45 heavy (non-hydrogen) atoms. The quantitative estimate of drug-likeness (QED) is 0.198. The second kappa shape index (κ2) is 9.87. The molecule has 4 nitrogen and oxygen atoms in total. The summed E-state index contributed by atoms with van der Waals surface area (Å²) < 4.78 is 2.21. The van der Waals surface area contributed by atoms with Gasteiger partial charge in [0, 0.05) is 17.1 Å². The van der Waals surface area contributed by atoms with Crippen LogP contribution in [0, 0.1) is 11.3 Å². The van der Waals surface area contributed by atoms with Crippen LogP contribution < -0.4 is 0 Å². The van der Waals surface area contributed by atoms with Crippen LogP contribution in [0.4, 0.5) is 0 Å². The van der Waals surface area contributed by atoms with Crippen LogP contribution in [0.5, 0.6) is 0 Å². The fraction of sp³-hybridized carbons (Fsp3) is 0. The first-order valence-corrected chi connectivity index (χ1v) is 15.0. The first-order chi connectivity index (χ1) is 22.3. The Bertz CT molecular complexity index is 2590. The molecule has 0 N–H and O–H groups in total. The summed E-state index contributed by atoms with van der Waals surface area (Å²) in [5, 5.41) is 15.1. The molecule has 0 saturated carbocycles. The average Bonchev–Trinajstić information content (AvgIpc) is 3.50. The highest BCUT2D eigenvalue weighted by molar-refractivity contribution is 6.21. The second-order valence-electron chi connectivity index (χ2n) is 11.3. The normalized spacial score (nSPS) is 11.5. The minimum Gasteiger partial charge on any atom is -0.297 e. The van der Waals surface area contributed by atoms with Crippen LogP contribution in [-0.2, 0) is 0 Å². The molecule has 9 rings (SSSR count). The minimum absolute atomic E-state index is 0.655. The van der Waals surface area contributed by atoms with E-state index in [1.165, 1.54) is 32.7 Å². The summed E-state index contributed by atoms with van der Waals surface area (Å²) in [7, 11) is 0. The van der Waals surface area contributed by atoms with E-state index in [2.05, 4.69) is 132 Å². The van der Waals surface area contributed by atoms with Crippen molar-refractivity contribution in [1.29, 1.82) is 5.26 Å². The van der Waals surface area contributed by atoms with Crippen molar-refractivity contribution in [1.82, 2.24) is 14.4 Å². The monoisotopic (exact) mass is 572 g/mol. The Labute approximate surface area is 259 Å². The highest BCUT2D eigenvalue weighted by Gasteiger charge is 2.20. The Balaban J connectivity index is 1.38. The van der Waals surface area contributed by atoms with Gasteiger partial charge in [-0.2, -0.15) is 5.26 Å². The molecule has 0 aliphatic rings. The van der Waals surface area contributed by atoms with Crippen molar-refractivity contribution in [3.8, 4) is 39.6 Å². The van der Waals surface area contributed by atoms with Crippen molar-refractivity contribution in [2.75, 3.05) is 0 Å². The molecule has 6 aromatic carbocycles. The molecule has 0 radical (unpaired) electrons. The van der Waals surface area contributed by atoms with Gasteiger partial charge in [-0.25, -0.2) is 9.97 Å². The van der Waals surface area contributed by atoms with Crippen molar-refractivity contribution in [3.05, 3.63) is 151 Å². The van der Waals surface area contributed by atoms with Crippen molar-refractivity contribution in [2.45, 2.75) is 0 Å². The van der Waals surface area contributed by atoms with Crippen molar-refractivity contribution >= 4 is 49.1 Å². The Morgan fingerprint density at radius 2 is 1.04 bits per heavy atom. The van der Waals surface area contributed by atoms with E-state index in [4.69, 9.17) is 9.97 Å². The Kier molecular flexibility index (Phi) is 5.53. The molecule has 3 aromatic heterocycles. The predicted octanol–water partition coefficient (Wildman–Crippen LogP) is 10.2. The molecular weight excluding hydrogens is 548 g/mol. The van der Waals surface area contributed by atoms with Gasteiger partial charge in [0.2, 0.25) is 0 Å². The van der Waals surface area contributed by atoms with Crippen LogP contribution in [0.15, 0.2) is 146 Å². The molecule has 9 aromatic rings. The Morgan fingerprint density at radius 1 is 0.489 bits per heavy atom. The molecule has 3 heterocycles. The van der Waals surface area contributed by atoms with Crippen LogP contribution in [-0.4, -0.2) is 14.4 Å². The van der Waals surface area contributed by atoms with E-state index >= 15 is 0 Å². The van der Waals surface area contributed by atoms with E-state index < -0.39 is 0 Å². The summed E-state index contributed by atoms with van der Waals surface area (Å²) in [5.41, 5.74) is 10.9. The van der Waals surface area contributed by atoms with E-state index in [-0.39, 0.29) is 0 Å². The van der Waals surface area contributed by atoms with Gasteiger partial charge in [0.1, 0.15) is 11.2 Å². The lowest BCUT2D eigenvalue weighted by Crippen LogP contribution is -1.94. The topological polar surface area (TPSA) is 54.0 Å². The van der Waals surface area contributed by atoms with Gasteiger partial charge in [-0.3, -0.25) is 4.40 Å². The van der Waals surface area contributed by atoms with Gasteiger partial charge in [0.25, 0.3) is 0 Å². The number of benzene rings is 6. The predicted molar refractivity (Wildman–Crippen MR) is 184 cm³/mol. The summed E-state index contributed by atoms with van der Waals surface area (Å²) >= 11 is 0. The van der Waals surface area contributed by atoms with Crippen LogP contribution >= 0.6 is 0 Å². The molecule has 0 aliphatic heterocycles. The standard InChI is InChI=1S/C41H24N4/c42-24-26-18-20-27(21-19-26)37-30-12-4-6-14-32(30)38(33-15-7-5-13-31(33)37)29-22-23-36-44-40-34-16-8-9-17-35(34)43-39(41(40)45(36)25-29)28-10-2-1-3-11-28/h1-23,25H. The van der Waals surface area contributed by atoms with Gasteiger partial charge in [0.15, 0.2) is 0 Å². The van der Waals surface area contributed by atoms with E-state index in [0.717, 1.165) is 50.0 Å². The van der Waals surface area contributed by atoms with Crippen molar-refractivity contribution in [3.63, 3.8) is 0 Å². The molecule has 0 atom stereocenters. The number of nitriles is 1. The van der Waals surface area contributed by atoms with E-state index in [1.54, 1.807) is 0 Å². The van der Waals surface area contributed by atoms with Gasteiger partial charge in [-0.15, -0.1) is 0 Å². The van der Waals surface area contributed by atoms with E-state index in [1.807, 2.05) is 24.3 Å². The van der Waals surface area contributed by atoms with Crippen LogP contribution in [0.3, 0.4) is 0 Å². The zero-order valence-electron chi connectivity index (χ0n) is 24.1. The summed E-state index contributed by atoms with van der Waals surface area (Å²) in [6.45, 7) is 0. The van der Waals surface area contributed by atoms with E-state index in [0.29, 0.717) is 5.56 Å². The fourth-order valence-electron chi connectivity index (χ4n) is 6.81. The maximum absolute atomic E-state index is 9.40. The lowest BCUT2D eigenvalue weighted by molar-refractivity contribution is 1.22. The molecule has 208 valence electrons. The molecule has 0 bridgehead atoms. The van der Waals surface area contributed by atoms with Crippen LogP contribution in [0.2, 0.25) is 0 Å². The fourth-order valence-corrected chi connectivity index (χ4v) is 6.81. The average molecular weight is 573 g/mol. The lowest BCUT2D eigenvalue weighted by Gasteiger charge is -2.18. The number of imidazole rings is 1. The molecular formula is C41H24N4. The SMILES string of the molecule is N#Cc1ccc(-c2c3ccccc3c(-c3ccc4nc5c6ccccc6nc(-c6ccccc6)c5n4c3)c3ccccc23)cc1. The summed E-state index contributed by atoms with van der Waals surface area (Å²) in [5.74, 6) is 0. The first-order valence-electron chi connectivity index (χ1n) is 15.0. The second-order valence-corrected chi connectivity index (χ2v) is 11.3. The number of fused-ring (bicyclic) bond motifs is 7. The molecule has 0 aliphatic carbocycles. The molecule has 4 heteroatoms. The number of aromatic nitrogens is 3. The molecule has 0 fully saturated rings. The Hall–Kier alpha value is -6.31. The first kappa shape index (κ1) is 25.2. The van der Waals surface area contributed by atoms with Crippen LogP contribution in [0.1, 0.15) is 5.56 Å². The number of rotatable bonds is 3. The number of pyridine rings is 2. The smallest absolute Gasteiger partial charge is 0.138 e. The summed E-state index contributed by atoms with van der Waals surface area (Å²) in [6.07, 6.45) is 2.23. The van der Waals surface area contributed by atoms with Crippen molar-refractivity contribution in [2.24, 2.45) is 0 Å². The molecule has 0 spiro atoms. The maximum Gasteiger partial charge on any atom is 0.138 e. The minimum atomic E-state index is 0.655. The van der Waals surface area contributed by atoms with E-state index in [9.17, 15) is 5.26 Å². The van der Waals surface area contributed by atoms with Gasteiger partial charge in [0.05, 0.1) is 28.4 Å². The van der Waals surface area contributed by atoms with Gasteiger partial charge < -0.3 is 0 Å². The molecule has 0 amide bonds. The van der Waals surface area contributed by atoms with Crippen molar-refractivity contribution < 1.29 is 0 Å². The highest BCUT2D eigenvalue weighted by atomic mass is 15.0. The maximum atomic E-state index is 9.40. The van der Waals surface area contributed by atoms with Gasteiger partial charge >= 0.3 is 0 Å². The zero-order chi connectivity index (χ0) is 29.9. The Morgan fingerprint density at radius 3 is 1.69 bits per heavy atom. The number of nitrogens with zero attached hydrogens (tertiary/aromatic N) is 4. The highest BCUT2D eigenvalue weighted by Crippen LogP contribution is 2.44. The summed E-state index contributed by atoms with van der Waals surface area (Å²) in [4.78, 5) is 10.3. The third-order valence-electron chi connectivity index (χ3n) is 8.80. The lowest BCUT2D eigenvalue weighted by atomic mass is 9.86. The number of hydrogen-bond acceptors (Lipinski definition) is 3. The summed E-state index contributed by atoms with van der Waals surface area (Å²) in [6, 6.07) is 50.3. The van der Waals surface area contributed by atoms with Crippen LogP contribution in [0.25, 0.3) is 82.6 Å². The number of para-hydroxylation sites is 1. The zero-order valence-corrected chi connectivity index (χ0v) is 24.1. The third kappa shape index (κ3) is 3.85. The van der Waals surface area contributed by atoms with Gasteiger partial charge in [-0.05, 0) is 74.1 Å². The molecule has 0 unspecified atom stereocenters. The largest absolute Gasteiger partial charge is 0.297 e. The molecule has 0 saturated heterocycles. The third-order valence-corrected chi connectivity index (χ3v) is 8.80. The number of hydrogen-bond donors (Lipinski definition) is 0. The van der Waals surface area contributed by atoms with Gasteiger partial charge in [-0.1, -0.05) is 109 Å².